The molecule has 0 bridgehead atoms. The number of hydrogen-bond acceptors (Lipinski definition) is 2. The van der Waals surface area contributed by atoms with Crippen LogP contribution in [0.15, 0.2) is 24.3 Å². The maximum Gasteiger partial charge on any atom is 0.0790 e. The molecule has 0 saturated carbocycles. The van der Waals surface area contributed by atoms with Gasteiger partial charge in [0.25, 0.3) is 0 Å². The first-order valence-electron chi connectivity index (χ1n) is 3.97. The Bertz CT molecular complexity index is 254. The Hall–Kier alpha value is -0.180. The lowest BCUT2D eigenvalue weighted by Gasteiger charge is -2.08. The first-order chi connectivity index (χ1) is 5.86. The molecule has 2 rings (SSSR count). The third-order valence-electron chi connectivity index (χ3n) is 1.89. The Morgan fingerprint density at radius 2 is 2.08 bits per heavy atom. The minimum absolute atomic E-state index is 0.474. The van der Waals surface area contributed by atoms with E-state index in [9.17, 15) is 0 Å². The van der Waals surface area contributed by atoms with E-state index in [2.05, 4.69) is 17.4 Å². The zero-order chi connectivity index (χ0) is 8.39. The van der Waals surface area contributed by atoms with Gasteiger partial charge in [-0.1, -0.05) is 23.7 Å². The molecule has 1 aromatic rings. The Kier molecular flexibility index (Phi) is 2.59. The van der Waals surface area contributed by atoms with E-state index in [1.54, 1.807) is 0 Å². The summed E-state index contributed by atoms with van der Waals surface area (Å²) in [6.45, 7) is 1.11. The van der Waals surface area contributed by atoms with E-state index in [1.807, 2.05) is 23.9 Å². The number of rotatable bonds is 1. The van der Waals surface area contributed by atoms with Gasteiger partial charge in [-0.15, -0.1) is 11.8 Å². The van der Waals surface area contributed by atoms with Crippen molar-refractivity contribution < 1.29 is 0 Å². The molecule has 0 radical (unpaired) electrons. The Morgan fingerprint density at radius 1 is 1.33 bits per heavy atom. The summed E-state index contributed by atoms with van der Waals surface area (Å²) in [4.78, 5) is 0. The fourth-order valence-electron chi connectivity index (χ4n) is 1.28. The number of hydrogen-bond donors (Lipinski definition) is 1. The van der Waals surface area contributed by atoms with Crippen molar-refractivity contribution >= 4 is 23.4 Å². The van der Waals surface area contributed by atoms with Crippen molar-refractivity contribution in [1.82, 2.24) is 5.32 Å². The van der Waals surface area contributed by atoms with Crippen LogP contribution in [0.25, 0.3) is 0 Å². The third-order valence-corrected chi connectivity index (χ3v) is 3.35. The number of thioether (sulfide) groups is 1. The van der Waals surface area contributed by atoms with E-state index >= 15 is 0 Å². The molecule has 0 aliphatic carbocycles. The van der Waals surface area contributed by atoms with Crippen molar-refractivity contribution in [3.05, 3.63) is 34.9 Å². The van der Waals surface area contributed by atoms with Gasteiger partial charge in [0.05, 0.1) is 5.37 Å². The van der Waals surface area contributed by atoms with E-state index in [1.165, 1.54) is 11.3 Å². The molecular formula is C9H10ClNS. The maximum atomic E-state index is 5.79. The molecule has 1 aromatic carbocycles. The van der Waals surface area contributed by atoms with Crippen LogP contribution in [0.2, 0.25) is 5.02 Å². The van der Waals surface area contributed by atoms with Gasteiger partial charge in [0, 0.05) is 17.3 Å². The van der Waals surface area contributed by atoms with Gasteiger partial charge in [0.15, 0.2) is 0 Å². The summed E-state index contributed by atoms with van der Waals surface area (Å²) >= 11 is 7.74. The number of nitrogens with one attached hydrogen (secondary N) is 1. The summed E-state index contributed by atoms with van der Waals surface area (Å²) < 4.78 is 0. The van der Waals surface area contributed by atoms with Gasteiger partial charge in [0.2, 0.25) is 0 Å². The largest absolute Gasteiger partial charge is 0.301 e. The zero-order valence-electron chi connectivity index (χ0n) is 6.59. The zero-order valence-corrected chi connectivity index (χ0v) is 8.16. The minimum Gasteiger partial charge on any atom is -0.301 e. The van der Waals surface area contributed by atoms with Crippen LogP contribution >= 0.6 is 23.4 Å². The third kappa shape index (κ3) is 1.76. The van der Waals surface area contributed by atoms with E-state index in [-0.39, 0.29) is 0 Å². The van der Waals surface area contributed by atoms with Crippen molar-refractivity contribution in [3.63, 3.8) is 0 Å². The topological polar surface area (TPSA) is 12.0 Å². The molecule has 1 atom stereocenters. The number of benzene rings is 1. The van der Waals surface area contributed by atoms with Gasteiger partial charge in [-0.05, 0) is 17.7 Å². The molecule has 1 saturated heterocycles. The van der Waals surface area contributed by atoms with E-state index in [0.29, 0.717) is 5.37 Å². The van der Waals surface area contributed by atoms with E-state index in [0.717, 1.165) is 11.6 Å². The lowest BCUT2D eigenvalue weighted by atomic mass is 10.2. The Labute approximate surface area is 81.5 Å². The van der Waals surface area contributed by atoms with Crippen LogP contribution in [0.1, 0.15) is 10.9 Å². The summed E-state index contributed by atoms with van der Waals surface area (Å²) in [5.41, 5.74) is 1.32. The average Bonchev–Trinajstić information content (AvgIpc) is 2.58. The SMILES string of the molecule is Clc1ccc(C2NCCS2)cc1. The fourth-order valence-corrected chi connectivity index (χ4v) is 2.46. The molecule has 0 spiro atoms. The quantitative estimate of drug-likeness (QED) is 0.747. The Morgan fingerprint density at radius 3 is 2.67 bits per heavy atom. The van der Waals surface area contributed by atoms with Crippen LogP contribution in [0, 0.1) is 0 Å². The van der Waals surface area contributed by atoms with E-state index < -0.39 is 0 Å². The molecule has 0 aromatic heterocycles. The van der Waals surface area contributed by atoms with Gasteiger partial charge >= 0.3 is 0 Å². The van der Waals surface area contributed by atoms with Crippen LogP contribution < -0.4 is 5.32 Å². The molecule has 1 unspecified atom stereocenters. The van der Waals surface area contributed by atoms with Crippen LogP contribution in [0.4, 0.5) is 0 Å². The maximum absolute atomic E-state index is 5.79. The normalized spacial score (nSPS) is 22.9. The molecule has 1 N–H and O–H groups in total. The summed E-state index contributed by atoms with van der Waals surface area (Å²) in [7, 11) is 0. The van der Waals surface area contributed by atoms with E-state index in [4.69, 9.17) is 11.6 Å². The second-order valence-corrected chi connectivity index (χ2v) is 4.41. The summed E-state index contributed by atoms with van der Waals surface area (Å²) in [6, 6.07) is 8.05. The Balaban J connectivity index is 2.17. The molecule has 3 heteroatoms. The highest BCUT2D eigenvalue weighted by Crippen LogP contribution is 2.30. The van der Waals surface area contributed by atoms with Gasteiger partial charge in [-0.3, -0.25) is 0 Å². The monoisotopic (exact) mass is 199 g/mol. The van der Waals surface area contributed by atoms with Crippen LogP contribution in [0.5, 0.6) is 0 Å². The summed E-state index contributed by atoms with van der Waals surface area (Å²) in [5, 5.41) is 4.69. The van der Waals surface area contributed by atoms with Gasteiger partial charge < -0.3 is 5.32 Å². The molecule has 1 fully saturated rings. The van der Waals surface area contributed by atoms with Crippen molar-refractivity contribution in [3.8, 4) is 0 Å². The lowest BCUT2D eigenvalue weighted by molar-refractivity contribution is 0.751. The molecule has 64 valence electrons. The predicted octanol–water partition coefficient (Wildman–Crippen LogP) is 2.68. The lowest BCUT2D eigenvalue weighted by Crippen LogP contribution is -2.11. The molecule has 1 nitrogen and oxygen atoms in total. The van der Waals surface area contributed by atoms with Gasteiger partial charge in [-0.2, -0.15) is 0 Å². The van der Waals surface area contributed by atoms with Crippen molar-refractivity contribution in [2.45, 2.75) is 5.37 Å². The number of halogens is 1. The van der Waals surface area contributed by atoms with Gasteiger partial charge in [0.1, 0.15) is 0 Å². The van der Waals surface area contributed by atoms with Crippen molar-refractivity contribution in [1.29, 1.82) is 0 Å². The van der Waals surface area contributed by atoms with Crippen molar-refractivity contribution in [2.24, 2.45) is 0 Å². The fraction of sp³-hybridized carbons (Fsp3) is 0.333. The minimum atomic E-state index is 0.474. The highest BCUT2D eigenvalue weighted by atomic mass is 35.5. The molecular weight excluding hydrogens is 190 g/mol. The highest BCUT2D eigenvalue weighted by molar-refractivity contribution is 7.99. The first-order valence-corrected chi connectivity index (χ1v) is 5.39. The molecule has 1 heterocycles. The summed E-state index contributed by atoms with van der Waals surface area (Å²) in [6.07, 6.45) is 0. The molecule has 1 aliphatic rings. The molecule has 12 heavy (non-hydrogen) atoms. The van der Waals surface area contributed by atoms with Crippen LogP contribution in [0.3, 0.4) is 0 Å². The van der Waals surface area contributed by atoms with Crippen molar-refractivity contribution in [2.75, 3.05) is 12.3 Å². The molecule has 0 amide bonds. The highest BCUT2D eigenvalue weighted by Gasteiger charge is 2.15. The molecule has 1 aliphatic heterocycles. The van der Waals surface area contributed by atoms with Gasteiger partial charge in [-0.25, -0.2) is 0 Å². The van der Waals surface area contributed by atoms with Crippen LogP contribution in [-0.4, -0.2) is 12.3 Å². The predicted molar refractivity (Wildman–Crippen MR) is 54.7 cm³/mol. The second kappa shape index (κ2) is 3.69. The smallest absolute Gasteiger partial charge is 0.0790 e. The summed E-state index contributed by atoms with van der Waals surface area (Å²) in [5.74, 6) is 1.20. The second-order valence-electron chi connectivity index (χ2n) is 2.76. The van der Waals surface area contributed by atoms with Crippen LogP contribution in [-0.2, 0) is 0 Å². The average molecular weight is 200 g/mol. The first kappa shape index (κ1) is 8.42. The standard InChI is InChI=1S/C9H10ClNS/c10-8-3-1-7(2-4-8)9-11-5-6-12-9/h1-4,9,11H,5-6H2.